The van der Waals surface area contributed by atoms with Gasteiger partial charge in [0.25, 0.3) is 0 Å². The molecule has 0 aliphatic carbocycles. The molecule has 0 atom stereocenters. The van der Waals surface area contributed by atoms with Crippen molar-refractivity contribution in [1.29, 1.82) is 0 Å². The molecule has 1 nitrogen and oxygen atoms in total. The third-order valence-corrected chi connectivity index (χ3v) is 1.37. The molecular weight excluding hydrogens is 166 g/mol. The van der Waals surface area contributed by atoms with Crippen molar-refractivity contribution in [2.24, 2.45) is 0 Å². The Morgan fingerprint density at radius 2 is 1.62 bits per heavy atom. The topological polar surface area (TPSA) is 23.8 Å². The van der Waals surface area contributed by atoms with Gasteiger partial charge in [0.15, 0.2) is 0 Å². The summed E-state index contributed by atoms with van der Waals surface area (Å²) >= 11 is 3.26. The minimum absolute atomic E-state index is 0.549. The van der Waals surface area contributed by atoms with Gasteiger partial charge in [-0.3, -0.25) is 0 Å². The lowest BCUT2D eigenvalue weighted by Gasteiger charge is -1.98. The molecule has 0 fully saturated rings. The van der Waals surface area contributed by atoms with Crippen LogP contribution in [0.15, 0.2) is 28.7 Å². The molecule has 0 aliphatic rings. The van der Waals surface area contributed by atoms with Crippen LogP contribution in [0.3, 0.4) is 0 Å². The summed E-state index contributed by atoms with van der Waals surface area (Å²) in [5.74, 6) is 0. The molecule has 42 valence electrons. The van der Waals surface area contributed by atoms with Crippen molar-refractivity contribution in [1.82, 2.24) is 0 Å². The van der Waals surface area contributed by atoms with E-state index >= 15 is 0 Å². The first kappa shape index (κ1) is 5.63. The van der Waals surface area contributed by atoms with E-state index in [-0.39, 0.29) is 0 Å². The summed E-state index contributed by atoms with van der Waals surface area (Å²) in [5, 5.41) is 0. The molecule has 2 heteroatoms. The summed E-state index contributed by atoms with van der Waals surface area (Å²) < 4.78 is 1.02. The molecule has 0 heterocycles. The van der Waals surface area contributed by atoms with E-state index in [0.29, 0.717) is 5.69 Å². The van der Waals surface area contributed by atoms with Crippen molar-refractivity contribution < 1.29 is 0 Å². The van der Waals surface area contributed by atoms with Crippen LogP contribution in [0.25, 0.3) is 5.73 Å². The lowest BCUT2D eigenvalue weighted by molar-refractivity contribution is 1.67. The molecule has 0 spiro atoms. The zero-order valence-electron chi connectivity index (χ0n) is 4.19. The largest absolute Gasteiger partial charge is 0.699 e. The minimum atomic E-state index is 0.549. The van der Waals surface area contributed by atoms with Crippen molar-refractivity contribution in [3.8, 4) is 0 Å². The van der Waals surface area contributed by atoms with E-state index in [2.05, 4.69) is 15.9 Å². The fourth-order valence-corrected chi connectivity index (χ4v) is 0.714. The lowest BCUT2D eigenvalue weighted by atomic mass is 10.3. The number of hydrogen-bond donors (Lipinski definition) is 0. The van der Waals surface area contributed by atoms with Crippen LogP contribution in [-0.4, -0.2) is 0 Å². The number of halogens is 1. The molecule has 1 N–H and O–H groups in total. The SMILES string of the molecule is [NH-]c1ccc(Br)cc1. The highest BCUT2D eigenvalue weighted by Crippen LogP contribution is 2.14. The first-order valence-electron chi connectivity index (χ1n) is 2.26. The van der Waals surface area contributed by atoms with E-state index in [0.717, 1.165) is 4.47 Å². The number of rotatable bonds is 0. The summed E-state index contributed by atoms with van der Waals surface area (Å²) in [7, 11) is 0. The van der Waals surface area contributed by atoms with Gasteiger partial charge in [-0.05, 0) is 12.1 Å². The summed E-state index contributed by atoms with van der Waals surface area (Å²) in [6.45, 7) is 0. The normalized spacial score (nSPS) is 9.12. The van der Waals surface area contributed by atoms with E-state index in [1.165, 1.54) is 0 Å². The van der Waals surface area contributed by atoms with Gasteiger partial charge in [0.1, 0.15) is 0 Å². The molecule has 1 aromatic rings. The first-order valence-corrected chi connectivity index (χ1v) is 3.05. The van der Waals surface area contributed by atoms with Gasteiger partial charge in [0.05, 0.1) is 0 Å². The monoisotopic (exact) mass is 170 g/mol. The van der Waals surface area contributed by atoms with Crippen LogP contribution in [0.5, 0.6) is 0 Å². The van der Waals surface area contributed by atoms with Gasteiger partial charge in [-0.1, -0.05) is 28.1 Å². The maximum Gasteiger partial charge on any atom is 0.0174 e. The highest BCUT2D eigenvalue weighted by atomic mass is 79.9. The van der Waals surface area contributed by atoms with Crippen molar-refractivity contribution in [3.63, 3.8) is 0 Å². The standard InChI is InChI=1S/C6H5BrN/c7-5-1-3-6(8)4-2-5/h1-4,8H/q-1. The van der Waals surface area contributed by atoms with Gasteiger partial charge in [0.2, 0.25) is 0 Å². The van der Waals surface area contributed by atoms with Crippen LogP contribution < -0.4 is 0 Å². The van der Waals surface area contributed by atoms with Gasteiger partial charge >= 0.3 is 0 Å². The second-order valence-corrected chi connectivity index (χ2v) is 2.42. The smallest absolute Gasteiger partial charge is 0.0174 e. The molecule has 1 rings (SSSR count). The molecule has 1 aromatic carbocycles. The third kappa shape index (κ3) is 1.23. The van der Waals surface area contributed by atoms with E-state index in [4.69, 9.17) is 5.73 Å². The molecule has 0 aromatic heterocycles. The lowest BCUT2D eigenvalue weighted by Crippen LogP contribution is -1.58. The number of hydrogen-bond acceptors (Lipinski definition) is 0. The second-order valence-electron chi connectivity index (χ2n) is 1.51. The summed E-state index contributed by atoms with van der Waals surface area (Å²) in [5.41, 5.74) is 7.62. The van der Waals surface area contributed by atoms with Crippen LogP contribution >= 0.6 is 15.9 Å². The second kappa shape index (κ2) is 2.18. The predicted molar refractivity (Wildman–Crippen MR) is 38.1 cm³/mol. The molecule has 0 unspecified atom stereocenters. The van der Waals surface area contributed by atoms with Crippen molar-refractivity contribution in [2.45, 2.75) is 0 Å². The Hall–Kier alpha value is -0.500. The van der Waals surface area contributed by atoms with E-state index in [1.54, 1.807) is 12.1 Å². The van der Waals surface area contributed by atoms with Crippen LogP contribution in [-0.2, 0) is 0 Å². The van der Waals surface area contributed by atoms with Gasteiger partial charge in [0, 0.05) is 4.47 Å². The zero-order chi connectivity index (χ0) is 5.98. The van der Waals surface area contributed by atoms with Crippen molar-refractivity contribution in [2.75, 3.05) is 0 Å². The molecule has 0 bridgehead atoms. The molecule has 8 heavy (non-hydrogen) atoms. The average molecular weight is 171 g/mol. The average Bonchev–Trinajstić information content (AvgIpc) is 1.77. The number of nitrogens with one attached hydrogen (secondary N) is 1. The minimum Gasteiger partial charge on any atom is -0.699 e. The highest BCUT2D eigenvalue weighted by Gasteiger charge is 1.77. The van der Waals surface area contributed by atoms with Gasteiger partial charge < -0.3 is 5.73 Å². The Morgan fingerprint density at radius 3 is 2.00 bits per heavy atom. The molecule has 0 amide bonds. The van der Waals surface area contributed by atoms with Gasteiger partial charge in [-0.15, -0.1) is 5.69 Å². The summed E-state index contributed by atoms with van der Waals surface area (Å²) in [6.07, 6.45) is 0. The summed E-state index contributed by atoms with van der Waals surface area (Å²) in [6, 6.07) is 7.18. The maximum absolute atomic E-state index is 7.07. The Labute approximate surface area is 56.6 Å². The van der Waals surface area contributed by atoms with Crippen molar-refractivity contribution >= 4 is 21.6 Å². The maximum atomic E-state index is 7.07. The van der Waals surface area contributed by atoms with Gasteiger partial charge in [-0.2, -0.15) is 0 Å². The Morgan fingerprint density at radius 1 is 1.12 bits per heavy atom. The Kier molecular flexibility index (Phi) is 1.53. The predicted octanol–water partition coefficient (Wildman–Crippen LogP) is 3.13. The molecular formula is C6H5BrN-. The highest BCUT2D eigenvalue weighted by molar-refractivity contribution is 9.10. The number of benzene rings is 1. The quantitative estimate of drug-likeness (QED) is 0.572. The van der Waals surface area contributed by atoms with Crippen molar-refractivity contribution in [3.05, 3.63) is 34.5 Å². The molecule has 0 radical (unpaired) electrons. The fraction of sp³-hybridized carbons (Fsp3) is 0. The third-order valence-electron chi connectivity index (χ3n) is 0.844. The first-order chi connectivity index (χ1) is 3.79. The zero-order valence-corrected chi connectivity index (χ0v) is 5.77. The molecule has 0 saturated carbocycles. The molecule has 0 saturated heterocycles. The molecule has 0 aliphatic heterocycles. The van der Waals surface area contributed by atoms with Crippen LogP contribution in [0.1, 0.15) is 0 Å². The fourth-order valence-electron chi connectivity index (χ4n) is 0.450. The van der Waals surface area contributed by atoms with E-state index in [1.807, 2.05) is 12.1 Å². The van der Waals surface area contributed by atoms with E-state index < -0.39 is 0 Å². The van der Waals surface area contributed by atoms with Gasteiger partial charge in [-0.25, -0.2) is 0 Å². The van der Waals surface area contributed by atoms with E-state index in [9.17, 15) is 0 Å². The Bertz CT molecular complexity index is 147. The summed E-state index contributed by atoms with van der Waals surface area (Å²) in [4.78, 5) is 0. The van der Waals surface area contributed by atoms with Crippen LogP contribution in [0.2, 0.25) is 0 Å². The Balaban J connectivity index is 3.03. The van der Waals surface area contributed by atoms with Crippen LogP contribution in [0, 0.1) is 0 Å². The van der Waals surface area contributed by atoms with Crippen LogP contribution in [0.4, 0.5) is 5.69 Å².